The summed E-state index contributed by atoms with van der Waals surface area (Å²) in [5.41, 5.74) is 6.74. The quantitative estimate of drug-likeness (QED) is 0.628. The first kappa shape index (κ1) is 19.8. The van der Waals surface area contributed by atoms with E-state index in [4.69, 9.17) is 9.47 Å². The summed E-state index contributed by atoms with van der Waals surface area (Å²) >= 11 is 1.33. The number of pyridine rings is 1. The maximum Gasteiger partial charge on any atom is 0.272 e. The largest absolute Gasteiger partial charge is 0.486 e. The summed E-state index contributed by atoms with van der Waals surface area (Å²) in [5.74, 6) is 0.513. The molecule has 4 rings (SSSR count). The van der Waals surface area contributed by atoms with E-state index in [1.54, 1.807) is 30.5 Å². The maximum absolute atomic E-state index is 12.7. The van der Waals surface area contributed by atoms with E-state index >= 15 is 0 Å². The van der Waals surface area contributed by atoms with Crippen molar-refractivity contribution in [3.63, 3.8) is 0 Å². The molecule has 0 atom stereocenters. The van der Waals surface area contributed by atoms with E-state index in [2.05, 4.69) is 15.8 Å². The summed E-state index contributed by atoms with van der Waals surface area (Å²) < 4.78 is 11.1. The molecule has 1 aromatic heterocycles. The van der Waals surface area contributed by atoms with Crippen LogP contribution in [0.3, 0.4) is 0 Å². The molecule has 3 aromatic rings. The molecule has 30 heavy (non-hydrogen) atoms. The number of aryl methyl sites for hydroxylation is 1. The van der Waals surface area contributed by atoms with E-state index in [-0.39, 0.29) is 0 Å². The average molecular weight is 421 g/mol. The fourth-order valence-corrected chi connectivity index (χ4v) is 3.71. The summed E-state index contributed by atoms with van der Waals surface area (Å²) in [6.07, 6.45) is 1.61. The fraction of sp³-hybridized carbons (Fsp3) is 0.136. The molecular weight excluding hydrogens is 402 g/mol. The first-order chi connectivity index (χ1) is 14.6. The second-order valence-corrected chi connectivity index (χ2v) is 7.60. The van der Waals surface area contributed by atoms with Crippen LogP contribution >= 0.6 is 11.8 Å². The summed E-state index contributed by atoms with van der Waals surface area (Å²) in [6.45, 7) is 2.96. The van der Waals surface area contributed by atoms with Crippen LogP contribution in [-0.2, 0) is 0 Å². The molecule has 0 unspecified atom stereocenters. The van der Waals surface area contributed by atoms with Gasteiger partial charge in [-0.05, 0) is 49.4 Å². The van der Waals surface area contributed by atoms with Crippen LogP contribution in [0, 0.1) is 6.92 Å². The molecule has 7 nitrogen and oxygen atoms in total. The number of hydrogen-bond donors (Lipinski definition) is 2. The number of hydrazine groups is 1. The highest BCUT2D eigenvalue weighted by molar-refractivity contribution is 7.99. The molecule has 2 N–H and O–H groups in total. The number of ether oxygens (including phenoxy) is 2. The van der Waals surface area contributed by atoms with E-state index in [1.165, 1.54) is 11.8 Å². The van der Waals surface area contributed by atoms with Crippen molar-refractivity contribution in [1.82, 2.24) is 15.8 Å². The number of fused-ring (bicyclic) bond motifs is 1. The Morgan fingerprint density at radius 3 is 2.47 bits per heavy atom. The monoisotopic (exact) mass is 421 g/mol. The Hall–Kier alpha value is -3.52. The lowest BCUT2D eigenvalue weighted by atomic mass is 10.1. The molecule has 2 amide bonds. The number of aromatic nitrogens is 1. The van der Waals surface area contributed by atoms with Gasteiger partial charge >= 0.3 is 0 Å². The minimum Gasteiger partial charge on any atom is -0.486 e. The number of nitrogens with zero attached hydrogens (tertiary/aromatic N) is 1. The molecule has 0 fully saturated rings. The lowest BCUT2D eigenvalue weighted by molar-refractivity contribution is 0.0844. The predicted octanol–water partition coefficient (Wildman–Crippen LogP) is 3.39. The standard InChI is InChI=1S/C22H19N3O4S/c1-14-4-6-15(7-5-14)20(26)24-25-21(27)17-3-2-10-23-22(17)30-16-8-9-18-19(13-16)29-12-11-28-18/h2-10,13H,11-12H2,1H3,(H,24,26)(H,25,27). The molecule has 2 aromatic carbocycles. The summed E-state index contributed by atoms with van der Waals surface area (Å²) in [6, 6.07) is 16.0. The van der Waals surface area contributed by atoms with E-state index < -0.39 is 11.8 Å². The predicted molar refractivity (Wildman–Crippen MR) is 112 cm³/mol. The number of carbonyl (C=O) groups is 2. The van der Waals surface area contributed by atoms with Crippen molar-refractivity contribution in [2.75, 3.05) is 13.2 Å². The summed E-state index contributed by atoms with van der Waals surface area (Å²) in [5, 5.41) is 0.510. The molecule has 0 bridgehead atoms. The third kappa shape index (κ3) is 4.55. The van der Waals surface area contributed by atoms with Gasteiger partial charge in [0, 0.05) is 16.7 Å². The smallest absolute Gasteiger partial charge is 0.272 e. The van der Waals surface area contributed by atoms with E-state index in [0.717, 1.165) is 10.5 Å². The Morgan fingerprint density at radius 1 is 0.933 bits per heavy atom. The highest BCUT2D eigenvalue weighted by atomic mass is 32.2. The van der Waals surface area contributed by atoms with Crippen LogP contribution in [0.1, 0.15) is 26.3 Å². The highest BCUT2D eigenvalue weighted by Crippen LogP contribution is 2.37. The zero-order chi connectivity index (χ0) is 20.9. The van der Waals surface area contributed by atoms with Crippen molar-refractivity contribution in [1.29, 1.82) is 0 Å². The van der Waals surface area contributed by atoms with Gasteiger partial charge in [0.1, 0.15) is 18.2 Å². The molecule has 0 spiro atoms. The van der Waals surface area contributed by atoms with Crippen LogP contribution in [0.5, 0.6) is 11.5 Å². The van der Waals surface area contributed by atoms with Crippen LogP contribution < -0.4 is 20.3 Å². The third-order valence-corrected chi connectivity index (χ3v) is 5.36. The van der Waals surface area contributed by atoms with Crippen molar-refractivity contribution in [2.45, 2.75) is 16.8 Å². The van der Waals surface area contributed by atoms with E-state index in [9.17, 15) is 9.59 Å². The molecule has 0 radical (unpaired) electrons. The van der Waals surface area contributed by atoms with Crippen LogP contribution in [-0.4, -0.2) is 30.0 Å². The van der Waals surface area contributed by atoms with Crippen LogP contribution in [0.2, 0.25) is 0 Å². The molecule has 0 saturated heterocycles. The minimum atomic E-state index is -0.455. The van der Waals surface area contributed by atoms with Crippen molar-refractivity contribution in [3.8, 4) is 11.5 Å². The van der Waals surface area contributed by atoms with Gasteiger partial charge in [-0.15, -0.1) is 0 Å². The van der Waals surface area contributed by atoms with Crippen molar-refractivity contribution in [3.05, 3.63) is 77.5 Å². The molecule has 8 heteroatoms. The van der Waals surface area contributed by atoms with E-state index in [1.807, 2.05) is 37.3 Å². The molecule has 0 saturated carbocycles. The Bertz CT molecular complexity index is 1090. The zero-order valence-corrected chi connectivity index (χ0v) is 17.0. The van der Waals surface area contributed by atoms with Gasteiger partial charge in [0.15, 0.2) is 11.5 Å². The first-order valence-electron chi connectivity index (χ1n) is 9.30. The van der Waals surface area contributed by atoms with E-state index in [0.29, 0.717) is 40.9 Å². The minimum absolute atomic E-state index is 0.349. The zero-order valence-electron chi connectivity index (χ0n) is 16.2. The van der Waals surface area contributed by atoms with Crippen LogP contribution in [0.4, 0.5) is 0 Å². The van der Waals surface area contributed by atoms with Gasteiger partial charge in [-0.1, -0.05) is 29.5 Å². The first-order valence-corrected chi connectivity index (χ1v) is 10.1. The van der Waals surface area contributed by atoms with Gasteiger partial charge < -0.3 is 9.47 Å². The molecule has 1 aliphatic rings. The van der Waals surface area contributed by atoms with Gasteiger partial charge in [-0.3, -0.25) is 20.4 Å². The Kier molecular flexibility index (Phi) is 5.85. The van der Waals surface area contributed by atoms with Gasteiger partial charge in [-0.25, -0.2) is 4.98 Å². The number of amides is 2. The second kappa shape index (κ2) is 8.87. The van der Waals surface area contributed by atoms with Crippen LogP contribution in [0.25, 0.3) is 0 Å². The van der Waals surface area contributed by atoms with Crippen molar-refractivity contribution >= 4 is 23.6 Å². The number of carbonyl (C=O) groups excluding carboxylic acids is 2. The Labute approximate surface area is 177 Å². The van der Waals surface area contributed by atoms with Gasteiger partial charge in [-0.2, -0.15) is 0 Å². The maximum atomic E-state index is 12.7. The summed E-state index contributed by atoms with van der Waals surface area (Å²) in [7, 11) is 0. The molecule has 1 aliphatic heterocycles. The topological polar surface area (TPSA) is 89.6 Å². The molecule has 0 aliphatic carbocycles. The lowest BCUT2D eigenvalue weighted by Crippen LogP contribution is -2.41. The Balaban J connectivity index is 1.45. The highest BCUT2D eigenvalue weighted by Gasteiger charge is 2.17. The lowest BCUT2D eigenvalue weighted by Gasteiger charge is -2.18. The van der Waals surface area contributed by atoms with Gasteiger partial charge in [0.05, 0.1) is 5.56 Å². The SMILES string of the molecule is Cc1ccc(C(=O)NNC(=O)c2cccnc2Sc2ccc3c(c2)OCCO3)cc1. The molecule has 2 heterocycles. The van der Waals surface area contributed by atoms with Crippen molar-refractivity contribution in [2.24, 2.45) is 0 Å². The fourth-order valence-electron chi connectivity index (χ4n) is 2.80. The second-order valence-electron chi connectivity index (χ2n) is 6.54. The number of nitrogens with one attached hydrogen (secondary N) is 2. The number of hydrogen-bond acceptors (Lipinski definition) is 6. The van der Waals surface area contributed by atoms with Gasteiger partial charge in [0.25, 0.3) is 11.8 Å². The normalized spacial score (nSPS) is 12.2. The third-order valence-electron chi connectivity index (χ3n) is 4.35. The van der Waals surface area contributed by atoms with Gasteiger partial charge in [0.2, 0.25) is 0 Å². The molecular formula is C22H19N3O4S. The summed E-state index contributed by atoms with van der Waals surface area (Å²) in [4.78, 5) is 30.1. The van der Waals surface area contributed by atoms with Crippen LogP contribution in [0.15, 0.2) is 70.7 Å². The number of rotatable bonds is 4. The Morgan fingerprint density at radius 2 is 1.67 bits per heavy atom. The van der Waals surface area contributed by atoms with Crippen molar-refractivity contribution < 1.29 is 19.1 Å². The average Bonchev–Trinajstić information content (AvgIpc) is 2.78. The molecule has 152 valence electrons. The number of benzene rings is 2.